The third-order valence-electron chi connectivity index (χ3n) is 7.80. The quantitative estimate of drug-likeness (QED) is 0.245. The van der Waals surface area contributed by atoms with Crippen molar-refractivity contribution in [2.24, 2.45) is 0 Å². The van der Waals surface area contributed by atoms with E-state index in [0.29, 0.717) is 74.3 Å². The van der Waals surface area contributed by atoms with Gasteiger partial charge in [-0.2, -0.15) is 0 Å². The Balaban J connectivity index is 0.00000113. The van der Waals surface area contributed by atoms with Crippen LogP contribution >= 0.6 is 11.6 Å². The van der Waals surface area contributed by atoms with Crippen molar-refractivity contribution < 1.29 is 33.0 Å². The first-order valence-corrected chi connectivity index (χ1v) is 15.3. The average Bonchev–Trinajstić information content (AvgIpc) is 3.05. The number of likely N-dealkylation sites (N-methyl/N-ethyl adjacent to an activating group) is 1. The third-order valence-corrected chi connectivity index (χ3v) is 8.10. The fraction of sp³-hybridized carbons (Fsp3) is 0.364. The van der Waals surface area contributed by atoms with Crippen molar-refractivity contribution in [3.05, 3.63) is 70.6 Å². The molecule has 0 fully saturated rings. The number of nitrogens with zero attached hydrogens (tertiary/aromatic N) is 2. The molecule has 3 amide bonds. The lowest BCUT2D eigenvalue weighted by Gasteiger charge is -2.28. The van der Waals surface area contributed by atoms with Crippen LogP contribution in [0.25, 0.3) is 11.3 Å². The first-order chi connectivity index (χ1) is 22.2. The van der Waals surface area contributed by atoms with Crippen molar-refractivity contribution in [2.45, 2.75) is 50.5 Å². The van der Waals surface area contributed by atoms with E-state index in [0.717, 1.165) is 11.3 Å². The van der Waals surface area contributed by atoms with Crippen molar-refractivity contribution in [2.75, 3.05) is 43.7 Å². The summed E-state index contributed by atoms with van der Waals surface area (Å²) in [6.45, 7) is 0.742. The Labute approximate surface area is 271 Å². The predicted octanol–water partition coefficient (Wildman–Crippen LogP) is 6.51. The van der Waals surface area contributed by atoms with Crippen molar-refractivity contribution in [1.29, 1.82) is 0 Å². The second kappa shape index (κ2) is 16.0. The van der Waals surface area contributed by atoms with E-state index in [1.54, 1.807) is 18.0 Å². The number of halogens is 2. The summed E-state index contributed by atoms with van der Waals surface area (Å²) >= 11 is 5.98. The number of hydrogen-bond acceptors (Lipinski definition) is 8. The number of hydrogen-bond donors (Lipinski definition) is 3. The van der Waals surface area contributed by atoms with E-state index in [4.69, 9.17) is 26.1 Å². The Hall–Kier alpha value is -4.71. The van der Waals surface area contributed by atoms with Gasteiger partial charge in [-0.25, -0.2) is 9.18 Å². The van der Waals surface area contributed by atoms with Gasteiger partial charge in [0.2, 0.25) is 11.8 Å². The largest absolute Gasteiger partial charge is 0.471 e. The Kier molecular flexibility index (Phi) is 11.9. The molecule has 11 nitrogen and oxygen atoms in total. The molecular weight excluding hydrogens is 617 g/mol. The minimum Gasteiger partial charge on any atom is -0.471 e. The normalized spacial score (nSPS) is 17.1. The molecule has 0 saturated carbocycles. The first kappa shape index (κ1) is 34.2. The van der Waals surface area contributed by atoms with Gasteiger partial charge in [0, 0.05) is 38.3 Å². The maximum absolute atomic E-state index is 14.8. The molecule has 2 unspecified atom stereocenters. The van der Waals surface area contributed by atoms with Crippen molar-refractivity contribution in [3.63, 3.8) is 0 Å². The van der Waals surface area contributed by atoms with Gasteiger partial charge in [-0.15, -0.1) is 0 Å². The Morgan fingerprint density at radius 2 is 1.96 bits per heavy atom. The van der Waals surface area contributed by atoms with Crippen LogP contribution in [0.5, 0.6) is 0 Å². The fourth-order valence-electron chi connectivity index (χ4n) is 5.48. The predicted molar refractivity (Wildman–Crippen MR) is 173 cm³/mol. The zero-order valence-electron chi connectivity index (χ0n) is 25.9. The molecular formula is C33H37ClFN5O6. The summed E-state index contributed by atoms with van der Waals surface area (Å²) in [6, 6.07) is 14.3. The second-order valence-corrected chi connectivity index (χ2v) is 11.3. The molecule has 3 aromatic rings. The molecule has 244 valence electrons. The van der Waals surface area contributed by atoms with Crippen LogP contribution in [0.15, 0.2) is 48.5 Å². The summed E-state index contributed by atoms with van der Waals surface area (Å²) in [5.74, 6) is -1.30. The van der Waals surface area contributed by atoms with Gasteiger partial charge < -0.3 is 25.0 Å². The molecule has 0 spiro atoms. The van der Waals surface area contributed by atoms with Crippen LogP contribution in [0, 0.1) is 5.82 Å². The van der Waals surface area contributed by atoms with Crippen LogP contribution in [0.1, 0.15) is 61.8 Å². The lowest BCUT2D eigenvalue weighted by Crippen LogP contribution is -2.33. The van der Waals surface area contributed by atoms with E-state index in [-0.39, 0.29) is 22.4 Å². The number of rotatable bonds is 7. The van der Waals surface area contributed by atoms with Crippen LogP contribution in [-0.4, -0.2) is 62.0 Å². The average molecular weight is 654 g/mol. The molecule has 2 aliphatic rings. The standard InChI is InChI=1S/C31H33ClFN5O4.C2H4O2/c1-34-18-12-13-19-22-8-5-9-23(35-22)20(7-3-4-11-27(39)36-25(19)17-18)30(40)38(2)16-6-10-26-28-24(37-31(41)42-26)15-14-21(32)29(28)33;1-4-2-3/h5,8-9,12-15,17,20,26,34H,3-4,6-7,10-11,16H2,1-2H3,(H,36,39)(H,37,41);2H,1H3. The van der Waals surface area contributed by atoms with E-state index >= 15 is 0 Å². The number of methoxy groups -OCH3 is 1. The van der Waals surface area contributed by atoms with Crippen LogP contribution in [0.2, 0.25) is 5.02 Å². The number of carbonyl (C=O) groups excluding carboxylic acids is 4. The maximum atomic E-state index is 14.8. The monoisotopic (exact) mass is 653 g/mol. The van der Waals surface area contributed by atoms with Crippen LogP contribution in [-0.2, 0) is 23.9 Å². The summed E-state index contributed by atoms with van der Waals surface area (Å²) in [4.78, 5) is 54.0. The molecule has 13 heteroatoms. The molecule has 2 aromatic carbocycles. The summed E-state index contributed by atoms with van der Waals surface area (Å²) in [7, 11) is 4.85. The number of nitrogens with one attached hydrogen (secondary N) is 3. The highest BCUT2D eigenvalue weighted by molar-refractivity contribution is 6.31. The Bertz CT molecular complexity index is 1590. The van der Waals surface area contributed by atoms with Gasteiger partial charge in [0.05, 0.1) is 46.4 Å². The van der Waals surface area contributed by atoms with E-state index < -0.39 is 23.9 Å². The highest BCUT2D eigenvalue weighted by atomic mass is 35.5. The smallest absolute Gasteiger partial charge is 0.412 e. The molecule has 3 N–H and O–H groups in total. The van der Waals surface area contributed by atoms with Gasteiger partial charge >= 0.3 is 6.09 Å². The number of carbonyl (C=O) groups is 4. The van der Waals surface area contributed by atoms with Crippen molar-refractivity contribution in [1.82, 2.24) is 9.88 Å². The highest BCUT2D eigenvalue weighted by Crippen LogP contribution is 2.38. The molecule has 0 saturated heterocycles. The lowest BCUT2D eigenvalue weighted by molar-refractivity contribution is -0.132. The molecule has 2 bridgehead atoms. The number of fused-ring (bicyclic) bond motifs is 5. The molecule has 1 aromatic heterocycles. The Morgan fingerprint density at radius 1 is 1.17 bits per heavy atom. The van der Waals surface area contributed by atoms with E-state index in [9.17, 15) is 18.8 Å². The number of anilines is 3. The van der Waals surface area contributed by atoms with Gasteiger partial charge in [0.1, 0.15) is 6.10 Å². The van der Waals surface area contributed by atoms with Gasteiger partial charge in [-0.1, -0.05) is 24.1 Å². The van der Waals surface area contributed by atoms with E-state index in [1.807, 2.05) is 43.4 Å². The van der Waals surface area contributed by atoms with E-state index in [1.165, 1.54) is 13.2 Å². The van der Waals surface area contributed by atoms with Crippen molar-refractivity contribution in [3.8, 4) is 11.3 Å². The Morgan fingerprint density at radius 3 is 2.70 bits per heavy atom. The molecule has 3 heterocycles. The van der Waals surface area contributed by atoms with E-state index in [2.05, 4.69) is 20.7 Å². The molecule has 0 radical (unpaired) electrons. The lowest BCUT2D eigenvalue weighted by atomic mass is 9.94. The molecule has 2 aliphatic heterocycles. The van der Waals surface area contributed by atoms with Crippen LogP contribution in [0.3, 0.4) is 0 Å². The fourth-order valence-corrected chi connectivity index (χ4v) is 5.64. The summed E-state index contributed by atoms with van der Waals surface area (Å²) in [6.07, 6.45) is 1.51. The van der Waals surface area contributed by atoms with Gasteiger partial charge in [-0.05, 0) is 68.1 Å². The first-order valence-electron chi connectivity index (χ1n) is 14.9. The SMILES string of the molecule is CNc1ccc2c(c1)NC(=O)CCCCC(C(=O)N(C)CCCC1OC(=O)Nc3ccc(Cl)c(F)c31)c1cccc-2n1.COC=O. The number of benzene rings is 2. The molecule has 5 rings (SSSR count). The maximum Gasteiger partial charge on any atom is 0.412 e. The summed E-state index contributed by atoms with van der Waals surface area (Å²) in [5.41, 5.74) is 4.17. The molecule has 2 atom stereocenters. The van der Waals surface area contributed by atoms with Gasteiger partial charge in [0.15, 0.2) is 5.82 Å². The zero-order valence-corrected chi connectivity index (χ0v) is 26.7. The number of cyclic esters (lactones) is 1. The number of pyridine rings is 1. The van der Waals surface area contributed by atoms with Crippen LogP contribution < -0.4 is 16.0 Å². The minimum atomic E-state index is -0.815. The summed E-state index contributed by atoms with van der Waals surface area (Å²) in [5, 5.41) is 8.57. The third kappa shape index (κ3) is 8.30. The topological polar surface area (TPSA) is 139 Å². The van der Waals surface area contributed by atoms with Crippen molar-refractivity contribution >= 4 is 53.0 Å². The summed E-state index contributed by atoms with van der Waals surface area (Å²) < 4.78 is 24.0. The highest BCUT2D eigenvalue weighted by Gasteiger charge is 2.31. The number of amides is 3. The van der Waals surface area contributed by atoms with Crippen LogP contribution in [0.4, 0.5) is 26.2 Å². The molecule has 46 heavy (non-hydrogen) atoms. The molecule has 0 aliphatic carbocycles. The number of aromatic nitrogens is 1. The van der Waals surface area contributed by atoms with Gasteiger partial charge in [-0.3, -0.25) is 24.7 Å². The minimum absolute atomic E-state index is 0.0504. The van der Waals surface area contributed by atoms with Gasteiger partial charge in [0.25, 0.3) is 6.47 Å². The number of ether oxygens (including phenoxy) is 2. The zero-order chi connectivity index (χ0) is 33.2. The second-order valence-electron chi connectivity index (χ2n) is 10.9.